The van der Waals surface area contributed by atoms with Gasteiger partial charge in [0.15, 0.2) is 0 Å². The summed E-state index contributed by atoms with van der Waals surface area (Å²) < 4.78 is 44.6. The molecular weight excluding hydrogens is 291 g/mol. The fraction of sp³-hybridized carbons (Fsp3) is 0.615. The number of hydrogen-bond acceptors (Lipinski definition) is 4. The normalized spacial score (nSPS) is 18.8. The van der Waals surface area contributed by atoms with Crippen LogP contribution >= 0.6 is 11.3 Å². The van der Waals surface area contributed by atoms with E-state index in [-0.39, 0.29) is 23.1 Å². The Kier molecular flexibility index (Phi) is 4.39. The van der Waals surface area contributed by atoms with Crippen molar-refractivity contribution < 1.29 is 22.7 Å². The smallest absolute Gasteiger partial charge is 0.418 e. The van der Waals surface area contributed by atoms with E-state index in [2.05, 4.69) is 5.32 Å². The van der Waals surface area contributed by atoms with Crippen molar-refractivity contribution in [2.24, 2.45) is 0 Å². The van der Waals surface area contributed by atoms with E-state index in [0.29, 0.717) is 17.7 Å². The zero-order chi connectivity index (χ0) is 14.9. The van der Waals surface area contributed by atoms with Gasteiger partial charge in [0.1, 0.15) is 4.88 Å². The lowest BCUT2D eigenvalue weighted by molar-refractivity contribution is -0.138. The summed E-state index contributed by atoms with van der Waals surface area (Å²) in [5.41, 5.74) is -0.535. The van der Waals surface area contributed by atoms with Gasteiger partial charge in [-0.15, -0.1) is 11.3 Å². The fourth-order valence-corrected chi connectivity index (χ4v) is 3.73. The summed E-state index contributed by atoms with van der Waals surface area (Å²) in [4.78, 5) is 12.1. The average Bonchev–Trinajstić information content (AvgIpc) is 2.76. The Morgan fingerprint density at radius 1 is 1.50 bits per heavy atom. The van der Waals surface area contributed by atoms with Crippen molar-refractivity contribution in [2.45, 2.75) is 38.4 Å². The van der Waals surface area contributed by atoms with Gasteiger partial charge in [-0.1, -0.05) is 0 Å². The molecular formula is C13H16F3NO2S. The number of likely N-dealkylation sites (N-methyl/N-ethyl adjacent to an activating group) is 1. The monoisotopic (exact) mass is 307 g/mol. The number of ether oxygens (including phenoxy) is 1. The van der Waals surface area contributed by atoms with Crippen LogP contribution in [-0.2, 0) is 23.8 Å². The molecule has 1 aromatic heterocycles. The van der Waals surface area contributed by atoms with Crippen LogP contribution in [0.15, 0.2) is 0 Å². The topological polar surface area (TPSA) is 38.3 Å². The van der Waals surface area contributed by atoms with Crippen molar-refractivity contribution in [1.29, 1.82) is 0 Å². The second-order valence-corrected chi connectivity index (χ2v) is 5.76. The summed E-state index contributed by atoms with van der Waals surface area (Å²) >= 11 is 0.927. The van der Waals surface area contributed by atoms with E-state index in [4.69, 9.17) is 4.74 Å². The first-order chi connectivity index (χ1) is 9.38. The van der Waals surface area contributed by atoms with E-state index >= 15 is 0 Å². The molecule has 1 aliphatic rings. The van der Waals surface area contributed by atoms with Gasteiger partial charge in [0.05, 0.1) is 12.2 Å². The summed E-state index contributed by atoms with van der Waals surface area (Å²) in [6.45, 7) is 1.65. The fourth-order valence-electron chi connectivity index (χ4n) is 2.47. The molecule has 112 valence electrons. The van der Waals surface area contributed by atoms with Crippen LogP contribution in [0, 0.1) is 0 Å². The first-order valence-electron chi connectivity index (χ1n) is 6.44. The molecule has 2 rings (SSSR count). The molecule has 0 fully saturated rings. The molecule has 0 saturated heterocycles. The molecule has 0 aliphatic heterocycles. The molecule has 20 heavy (non-hydrogen) atoms. The Bertz CT molecular complexity index is 510. The lowest BCUT2D eigenvalue weighted by atomic mass is 9.91. The molecule has 0 spiro atoms. The van der Waals surface area contributed by atoms with Gasteiger partial charge >= 0.3 is 12.1 Å². The minimum absolute atomic E-state index is 0.0215. The molecule has 3 nitrogen and oxygen atoms in total. The third-order valence-electron chi connectivity index (χ3n) is 3.41. The molecule has 7 heteroatoms. The molecule has 0 bridgehead atoms. The van der Waals surface area contributed by atoms with E-state index in [0.717, 1.165) is 17.8 Å². The summed E-state index contributed by atoms with van der Waals surface area (Å²) in [6.07, 6.45) is -2.88. The van der Waals surface area contributed by atoms with E-state index in [1.54, 1.807) is 14.0 Å². The molecule has 0 amide bonds. The van der Waals surface area contributed by atoms with Crippen molar-refractivity contribution >= 4 is 17.3 Å². The van der Waals surface area contributed by atoms with Crippen LogP contribution in [0.3, 0.4) is 0 Å². The molecule has 1 atom stereocenters. The number of halogens is 3. The zero-order valence-electron chi connectivity index (χ0n) is 11.3. The number of fused-ring (bicyclic) bond motifs is 1. The SMILES string of the molecule is CCOC(=O)c1sc2c(c1C(F)(F)F)CC(NC)CC2. The number of esters is 1. The third kappa shape index (κ3) is 2.83. The van der Waals surface area contributed by atoms with Crippen LogP contribution in [0.4, 0.5) is 13.2 Å². The molecule has 0 radical (unpaired) electrons. The summed E-state index contributed by atoms with van der Waals surface area (Å²) in [5.74, 6) is -0.875. The van der Waals surface area contributed by atoms with Crippen molar-refractivity contribution in [3.05, 3.63) is 20.9 Å². The largest absolute Gasteiger partial charge is 0.462 e. The Hall–Kier alpha value is -1.08. The van der Waals surface area contributed by atoms with Crippen molar-refractivity contribution in [2.75, 3.05) is 13.7 Å². The molecule has 1 heterocycles. The van der Waals surface area contributed by atoms with Gasteiger partial charge in [0.2, 0.25) is 0 Å². The number of alkyl halides is 3. The Labute approximate surface area is 119 Å². The van der Waals surface area contributed by atoms with Gasteiger partial charge < -0.3 is 10.1 Å². The quantitative estimate of drug-likeness (QED) is 0.872. The number of carbonyl (C=O) groups excluding carboxylic acids is 1. The predicted molar refractivity (Wildman–Crippen MR) is 70.2 cm³/mol. The number of carbonyl (C=O) groups is 1. The molecule has 1 unspecified atom stereocenters. The van der Waals surface area contributed by atoms with Crippen molar-refractivity contribution in [3.63, 3.8) is 0 Å². The maximum Gasteiger partial charge on any atom is 0.418 e. The van der Waals surface area contributed by atoms with Crippen LogP contribution in [0.2, 0.25) is 0 Å². The highest BCUT2D eigenvalue weighted by Gasteiger charge is 2.42. The van der Waals surface area contributed by atoms with Crippen molar-refractivity contribution in [1.82, 2.24) is 5.32 Å². The van der Waals surface area contributed by atoms with Crippen LogP contribution in [0.1, 0.15) is 39.0 Å². The van der Waals surface area contributed by atoms with Crippen LogP contribution in [0.5, 0.6) is 0 Å². The molecule has 1 N–H and O–H groups in total. The lowest BCUT2D eigenvalue weighted by Gasteiger charge is -2.23. The zero-order valence-corrected chi connectivity index (χ0v) is 12.1. The molecule has 0 aromatic carbocycles. The maximum absolute atomic E-state index is 13.3. The van der Waals surface area contributed by atoms with Crippen LogP contribution in [0.25, 0.3) is 0 Å². The lowest BCUT2D eigenvalue weighted by Crippen LogP contribution is -2.32. The summed E-state index contributed by atoms with van der Waals surface area (Å²) in [5, 5.41) is 3.01. The average molecular weight is 307 g/mol. The standard InChI is InChI=1S/C13H16F3NO2S/c1-3-19-12(18)11-10(13(14,15)16)8-6-7(17-2)4-5-9(8)20-11/h7,17H,3-6H2,1-2H3. The Morgan fingerprint density at radius 3 is 2.75 bits per heavy atom. The van der Waals surface area contributed by atoms with Gasteiger partial charge in [-0.05, 0) is 38.8 Å². The van der Waals surface area contributed by atoms with Gasteiger partial charge in [-0.2, -0.15) is 13.2 Å². The summed E-state index contributed by atoms with van der Waals surface area (Å²) in [7, 11) is 1.74. The third-order valence-corrected chi connectivity index (χ3v) is 4.69. The minimum atomic E-state index is -4.53. The molecule has 1 aliphatic carbocycles. The number of aryl methyl sites for hydroxylation is 1. The van der Waals surface area contributed by atoms with E-state index in [9.17, 15) is 18.0 Å². The predicted octanol–water partition coefficient (Wildman–Crippen LogP) is 3.02. The van der Waals surface area contributed by atoms with Crippen LogP contribution < -0.4 is 5.32 Å². The first-order valence-corrected chi connectivity index (χ1v) is 7.26. The number of rotatable bonds is 3. The van der Waals surface area contributed by atoms with E-state index in [1.807, 2.05) is 0 Å². The maximum atomic E-state index is 13.3. The van der Waals surface area contributed by atoms with Gasteiger partial charge in [0.25, 0.3) is 0 Å². The highest BCUT2D eigenvalue weighted by molar-refractivity contribution is 7.14. The minimum Gasteiger partial charge on any atom is -0.462 e. The van der Waals surface area contributed by atoms with Gasteiger partial charge in [-0.3, -0.25) is 0 Å². The Morgan fingerprint density at radius 2 is 2.20 bits per heavy atom. The summed E-state index contributed by atoms with van der Waals surface area (Å²) in [6, 6.07) is 0.0215. The van der Waals surface area contributed by atoms with Crippen LogP contribution in [-0.4, -0.2) is 25.7 Å². The number of nitrogens with one attached hydrogen (secondary N) is 1. The molecule has 0 saturated carbocycles. The molecule has 1 aromatic rings. The second-order valence-electron chi connectivity index (χ2n) is 4.65. The van der Waals surface area contributed by atoms with E-state index < -0.39 is 17.7 Å². The van der Waals surface area contributed by atoms with Crippen molar-refractivity contribution in [3.8, 4) is 0 Å². The number of thiophene rings is 1. The van der Waals surface area contributed by atoms with E-state index in [1.165, 1.54) is 0 Å². The Balaban J connectivity index is 2.49. The van der Waals surface area contributed by atoms with Gasteiger partial charge in [-0.25, -0.2) is 4.79 Å². The highest BCUT2D eigenvalue weighted by Crippen LogP contribution is 2.43. The van der Waals surface area contributed by atoms with Gasteiger partial charge in [0, 0.05) is 10.9 Å². The first kappa shape index (κ1) is 15.3. The number of hydrogen-bond donors (Lipinski definition) is 1. The highest BCUT2D eigenvalue weighted by atomic mass is 32.1. The second kappa shape index (κ2) is 5.73.